The Hall–Kier alpha value is -2.53. The molecule has 0 aromatic heterocycles. The summed E-state index contributed by atoms with van der Waals surface area (Å²) in [5.74, 6) is 1.46. The molecular weight excluding hydrogens is 352 g/mol. The molecule has 5 nitrogen and oxygen atoms in total. The van der Waals surface area contributed by atoms with Crippen molar-refractivity contribution in [2.45, 2.75) is 32.2 Å². The van der Waals surface area contributed by atoms with Crippen molar-refractivity contribution >= 4 is 5.91 Å². The van der Waals surface area contributed by atoms with Crippen LogP contribution in [-0.2, 0) is 4.79 Å². The minimum Gasteiger partial charge on any atom is -0.497 e. The maximum absolute atomic E-state index is 12.3. The largest absolute Gasteiger partial charge is 0.497 e. The van der Waals surface area contributed by atoms with Crippen LogP contribution in [0.2, 0.25) is 0 Å². The van der Waals surface area contributed by atoms with Crippen LogP contribution in [-0.4, -0.2) is 44.2 Å². The van der Waals surface area contributed by atoms with E-state index in [4.69, 9.17) is 9.47 Å². The van der Waals surface area contributed by atoms with E-state index in [1.807, 2.05) is 43.3 Å². The van der Waals surface area contributed by atoms with Crippen LogP contribution in [0.5, 0.6) is 11.5 Å². The molecule has 2 aromatic carbocycles. The van der Waals surface area contributed by atoms with E-state index in [1.54, 1.807) is 7.11 Å². The highest BCUT2D eigenvalue weighted by atomic mass is 16.5. The Kier molecular flexibility index (Phi) is 7.31. The van der Waals surface area contributed by atoms with Gasteiger partial charge in [-0.1, -0.05) is 30.7 Å². The minimum atomic E-state index is -0.1000. The lowest BCUT2D eigenvalue weighted by atomic mass is 10.0. The summed E-state index contributed by atoms with van der Waals surface area (Å²) in [6, 6.07) is 16.0. The third-order valence-corrected chi connectivity index (χ3v) is 5.18. The summed E-state index contributed by atoms with van der Waals surface area (Å²) in [6.45, 7) is 4.73. The fraction of sp³-hybridized carbons (Fsp3) is 0.435. The minimum absolute atomic E-state index is 0.0266. The zero-order valence-corrected chi connectivity index (χ0v) is 16.8. The van der Waals surface area contributed by atoms with Gasteiger partial charge >= 0.3 is 0 Å². The van der Waals surface area contributed by atoms with Crippen molar-refractivity contribution in [3.05, 3.63) is 59.7 Å². The van der Waals surface area contributed by atoms with E-state index in [0.717, 1.165) is 30.2 Å². The summed E-state index contributed by atoms with van der Waals surface area (Å²) in [5, 5.41) is 3.06. The molecule has 1 atom stereocenters. The molecule has 1 amide bonds. The average molecular weight is 383 g/mol. The highest BCUT2D eigenvalue weighted by Crippen LogP contribution is 2.25. The van der Waals surface area contributed by atoms with Gasteiger partial charge in [-0.05, 0) is 68.2 Å². The number of rotatable bonds is 8. The van der Waals surface area contributed by atoms with Gasteiger partial charge in [-0.15, -0.1) is 0 Å². The van der Waals surface area contributed by atoms with Gasteiger partial charge in [-0.3, -0.25) is 9.69 Å². The number of hydrogen-bond donors (Lipinski definition) is 1. The third kappa shape index (κ3) is 5.73. The Balaban J connectivity index is 1.59. The van der Waals surface area contributed by atoms with Crippen LogP contribution in [0.4, 0.5) is 0 Å². The Labute approximate surface area is 167 Å². The monoisotopic (exact) mass is 382 g/mol. The maximum atomic E-state index is 12.3. The van der Waals surface area contributed by atoms with Crippen LogP contribution in [0.25, 0.3) is 0 Å². The lowest BCUT2D eigenvalue weighted by Crippen LogP contribution is -2.41. The van der Waals surface area contributed by atoms with Crippen molar-refractivity contribution in [2.75, 3.05) is 33.4 Å². The van der Waals surface area contributed by atoms with Crippen molar-refractivity contribution in [1.82, 2.24) is 10.2 Å². The van der Waals surface area contributed by atoms with Crippen LogP contribution in [0.15, 0.2) is 48.5 Å². The lowest BCUT2D eigenvalue weighted by molar-refractivity contribution is -0.123. The van der Waals surface area contributed by atoms with Crippen molar-refractivity contribution < 1.29 is 14.3 Å². The number of methoxy groups -OCH3 is 1. The fourth-order valence-corrected chi connectivity index (χ4v) is 3.63. The van der Waals surface area contributed by atoms with Crippen molar-refractivity contribution in [3.8, 4) is 11.5 Å². The maximum Gasteiger partial charge on any atom is 0.258 e. The molecule has 1 aliphatic rings. The summed E-state index contributed by atoms with van der Waals surface area (Å²) in [5.41, 5.74) is 2.31. The first-order valence-corrected chi connectivity index (χ1v) is 10.00. The molecule has 1 heterocycles. The van der Waals surface area contributed by atoms with E-state index in [1.165, 1.54) is 24.8 Å². The topological polar surface area (TPSA) is 50.8 Å². The number of aryl methyl sites for hydroxylation is 1. The summed E-state index contributed by atoms with van der Waals surface area (Å²) in [7, 11) is 1.67. The van der Waals surface area contributed by atoms with Gasteiger partial charge in [0, 0.05) is 6.54 Å². The van der Waals surface area contributed by atoms with Crippen LogP contribution in [0.1, 0.15) is 36.4 Å². The number of likely N-dealkylation sites (tertiary alicyclic amines) is 1. The molecule has 1 N–H and O–H groups in total. The van der Waals surface area contributed by atoms with Gasteiger partial charge in [0.05, 0.1) is 13.2 Å². The second-order valence-corrected chi connectivity index (χ2v) is 7.29. The smallest absolute Gasteiger partial charge is 0.258 e. The molecule has 0 spiro atoms. The third-order valence-electron chi connectivity index (χ3n) is 5.18. The first-order chi connectivity index (χ1) is 13.7. The number of amides is 1. The zero-order valence-electron chi connectivity index (χ0n) is 16.8. The van der Waals surface area contributed by atoms with E-state index in [-0.39, 0.29) is 18.6 Å². The Bertz CT molecular complexity index is 755. The van der Waals surface area contributed by atoms with Gasteiger partial charge in [-0.2, -0.15) is 0 Å². The summed E-state index contributed by atoms with van der Waals surface area (Å²) >= 11 is 0. The SMILES string of the molecule is COc1ccc([C@H](CNC(=O)COc2cccc(C)c2)N2CCCCC2)cc1. The number of benzene rings is 2. The average Bonchev–Trinajstić information content (AvgIpc) is 2.74. The van der Waals surface area contributed by atoms with Crippen molar-refractivity contribution in [2.24, 2.45) is 0 Å². The predicted molar refractivity (Wildman–Crippen MR) is 111 cm³/mol. The van der Waals surface area contributed by atoms with Crippen LogP contribution >= 0.6 is 0 Å². The number of nitrogens with one attached hydrogen (secondary N) is 1. The Morgan fingerprint density at radius 1 is 1.07 bits per heavy atom. The Morgan fingerprint density at radius 2 is 1.82 bits per heavy atom. The van der Waals surface area contributed by atoms with Crippen LogP contribution < -0.4 is 14.8 Å². The Morgan fingerprint density at radius 3 is 2.50 bits per heavy atom. The lowest BCUT2D eigenvalue weighted by Gasteiger charge is -2.35. The van der Waals surface area contributed by atoms with E-state index in [9.17, 15) is 4.79 Å². The van der Waals surface area contributed by atoms with E-state index >= 15 is 0 Å². The molecule has 1 saturated heterocycles. The molecule has 2 aromatic rings. The number of carbonyl (C=O) groups excluding carboxylic acids is 1. The number of carbonyl (C=O) groups is 1. The number of ether oxygens (including phenoxy) is 2. The summed E-state index contributed by atoms with van der Waals surface area (Å²) in [6.07, 6.45) is 3.69. The first-order valence-electron chi connectivity index (χ1n) is 10.00. The molecule has 0 unspecified atom stereocenters. The van der Waals surface area contributed by atoms with Gasteiger partial charge in [-0.25, -0.2) is 0 Å². The number of hydrogen-bond acceptors (Lipinski definition) is 4. The van der Waals surface area contributed by atoms with Gasteiger partial charge < -0.3 is 14.8 Å². The predicted octanol–water partition coefficient (Wildman–Crippen LogP) is 3.73. The summed E-state index contributed by atoms with van der Waals surface area (Å²) in [4.78, 5) is 14.8. The zero-order chi connectivity index (χ0) is 19.8. The van der Waals surface area contributed by atoms with Gasteiger partial charge in [0.25, 0.3) is 5.91 Å². The van der Waals surface area contributed by atoms with Crippen LogP contribution in [0.3, 0.4) is 0 Å². The number of nitrogens with zero attached hydrogens (tertiary/aromatic N) is 1. The molecule has 5 heteroatoms. The van der Waals surface area contributed by atoms with Crippen molar-refractivity contribution in [1.29, 1.82) is 0 Å². The van der Waals surface area contributed by atoms with Gasteiger partial charge in [0.2, 0.25) is 0 Å². The summed E-state index contributed by atoms with van der Waals surface area (Å²) < 4.78 is 10.9. The molecule has 1 fully saturated rings. The molecule has 0 radical (unpaired) electrons. The molecular formula is C23H30N2O3. The highest BCUT2D eigenvalue weighted by Gasteiger charge is 2.23. The fourth-order valence-electron chi connectivity index (χ4n) is 3.63. The molecule has 0 aliphatic carbocycles. The molecule has 0 saturated carbocycles. The first kappa shape index (κ1) is 20.2. The molecule has 28 heavy (non-hydrogen) atoms. The van der Waals surface area contributed by atoms with E-state index in [0.29, 0.717) is 6.54 Å². The van der Waals surface area contributed by atoms with Crippen molar-refractivity contribution in [3.63, 3.8) is 0 Å². The quantitative estimate of drug-likeness (QED) is 0.756. The number of piperidine rings is 1. The highest BCUT2D eigenvalue weighted by molar-refractivity contribution is 5.77. The normalized spacial score (nSPS) is 15.6. The molecule has 0 bridgehead atoms. The molecule has 1 aliphatic heterocycles. The second-order valence-electron chi connectivity index (χ2n) is 7.29. The van der Waals surface area contributed by atoms with Crippen LogP contribution in [0, 0.1) is 6.92 Å². The van der Waals surface area contributed by atoms with Gasteiger partial charge in [0.1, 0.15) is 11.5 Å². The standard InChI is InChI=1S/C23H30N2O3/c1-18-7-6-8-21(15-18)28-17-23(26)24-16-22(25-13-4-3-5-14-25)19-9-11-20(27-2)12-10-19/h6-12,15,22H,3-5,13-14,16-17H2,1-2H3,(H,24,26)/t22-/m0/s1. The molecule has 3 rings (SSSR count). The van der Waals surface area contributed by atoms with E-state index in [2.05, 4.69) is 22.3 Å². The van der Waals surface area contributed by atoms with Gasteiger partial charge in [0.15, 0.2) is 6.61 Å². The molecule has 150 valence electrons. The second kappa shape index (κ2) is 10.1. The van der Waals surface area contributed by atoms with E-state index < -0.39 is 0 Å².